The Labute approximate surface area is 373 Å². The van der Waals surface area contributed by atoms with Crippen molar-refractivity contribution in [2.45, 2.75) is 83.8 Å². The maximum absolute atomic E-state index is 15.9. The molecule has 2 aromatic carbocycles. The number of aryl methyl sites for hydroxylation is 1. The number of amides is 4. The number of benzene rings is 2. The van der Waals surface area contributed by atoms with Crippen LogP contribution in [0.15, 0.2) is 42.6 Å². The van der Waals surface area contributed by atoms with Gasteiger partial charge >= 0.3 is 0 Å². The minimum Gasteiger partial charge on any atom is -0.477 e. The van der Waals surface area contributed by atoms with Crippen LogP contribution in [0.5, 0.6) is 5.88 Å². The van der Waals surface area contributed by atoms with Crippen molar-refractivity contribution in [3.63, 3.8) is 0 Å². The first kappa shape index (κ1) is 42.6. The summed E-state index contributed by atoms with van der Waals surface area (Å²) in [5.41, 5.74) is 3.96. The molecule has 0 spiro atoms. The molecule has 0 radical (unpaired) electrons. The number of ether oxygens (including phenoxy) is 1. The van der Waals surface area contributed by atoms with Crippen LogP contribution in [0.1, 0.15) is 91.0 Å². The van der Waals surface area contributed by atoms with E-state index in [0.29, 0.717) is 122 Å². The number of pyridine rings is 1. The average molecular weight is 893 g/mol. The lowest BCUT2D eigenvalue weighted by Crippen LogP contribution is -2.50. The van der Waals surface area contributed by atoms with E-state index in [1.807, 2.05) is 27.1 Å². The summed E-state index contributed by atoms with van der Waals surface area (Å²) in [7, 11) is 0. The molecule has 1 saturated carbocycles. The third-order valence-electron chi connectivity index (χ3n) is 13.5. The van der Waals surface area contributed by atoms with Gasteiger partial charge < -0.3 is 19.1 Å². The van der Waals surface area contributed by atoms with Crippen LogP contribution in [0.4, 0.5) is 24.8 Å². The minimum atomic E-state index is -1.09. The third-order valence-corrected chi connectivity index (χ3v) is 13.5. The highest BCUT2D eigenvalue weighted by Crippen LogP contribution is 2.42. The number of fused-ring (bicyclic) bond motifs is 7. The van der Waals surface area contributed by atoms with Crippen molar-refractivity contribution >= 4 is 46.3 Å². The molecule has 2 bridgehead atoms. The molecule has 10 rings (SSSR count). The minimum absolute atomic E-state index is 0.00489. The van der Waals surface area contributed by atoms with Crippen LogP contribution in [0, 0.1) is 36.2 Å². The number of piperazine rings is 1. The number of nitrogens with one attached hydrogen (secondary N) is 2. The molecule has 0 unspecified atom stereocenters. The quantitative estimate of drug-likeness (QED) is 0.191. The third kappa shape index (κ3) is 8.55. The topological polar surface area (TPSA) is 160 Å². The first-order chi connectivity index (χ1) is 31.4. The second kappa shape index (κ2) is 17.2. The van der Waals surface area contributed by atoms with Gasteiger partial charge in [-0.15, -0.1) is 0 Å². The number of hydrogen-bond donors (Lipinski definition) is 2. The van der Waals surface area contributed by atoms with Gasteiger partial charge in [-0.3, -0.25) is 39.7 Å². The van der Waals surface area contributed by atoms with Crippen LogP contribution < -0.4 is 20.3 Å². The van der Waals surface area contributed by atoms with Crippen molar-refractivity contribution in [1.82, 2.24) is 39.4 Å². The van der Waals surface area contributed by atoms with E-state index in [1.165, 1.54) is 18.2 Å². The van der Waals surface area contributed by atoms with E-state index >= 15 is 13.2 Å². The van der Waals surface area contributed by atoms with E-state index in [4.69, 9.17) is 14.7 Å². The van der Waals surface area contributed by atoms with Gasteiger partial charge in [0.25, 0.3) is 5.91 Å². The Morgan fingerprint density at radius 2 is 1.65 bits per heavy atom. The summed E-state index contributed by atoms with van der Waals surface area (Å²) in [5, 5.41) is 9.82. The lowest BCUT2D eigenvalue weighted by molar-refractivity contribution is -0.137. The van der Waals surface area contributed by atoms with Crippen molar-refractivity contribution in [2.75, 3.05) is 56.1 Å². The molecule has 18 heteroatoms. The highest BCUT2D eigenvalue weighted by molar-refractivity contribution is 6.05. The molecule has 1 aliphatic carbocycles. The predicted molar refractivity (Wildman–Crippen MR) is 234 cm³/mol. The highest BCUT2D eigenvalue weighted by atomic mass is 19.1. The smallest absolute Gasteiger partial charge is 0.258 e. The molecule has 3 atom stereocenters. The van der Waals surface area contributed by atoms with Gasteiger partial charge in [0.15, 0.2) is 0 Å². The molecule has 4 amide bonds. The Morgan fingerprint density at radius 3 is 2.40 bits per heavy atom. The van der Waals surface area contributed by atoms with Crippen molar-refractivity contribution in [2.24, 2.45) is 11.8 Å². The van der Waals surface area contributed by atoms with Crippen molar-refractivity contribution < 1.29 is 37.1 Å². The van der Waals surface area contributed by atoms with E-state index in [9.17, 15) is 19.2 Å². The van der Waals surface area contributed by atoms with E-state index in [0.717, 1.165) is 31.2 Å². The van der Waals surface area contributed by atoms with Crippen LogP contribution in [0.2, 0.25) is 0 Å². The molecular weight excluding hydrogens is 842 g/mol. The zero-order chi connectivity index (χ0) is 45.1. The number of piperidine rings is 1. The zero-order valence-corrected chi connectivity index (χ0v) is 36.4. The van der Waals surface area contributed by atoms with Gasteiger partial charge in [0.05, 0.1) is 53.0 Å². The van der Waals surface area contributed by atoms with E-state index < -0.39 is 35.2 Å². The van der Waals surface area contributed by atoms with Gasteiger partial charge in [-0.25, -0.2) is 22.8 Å². The Balaban J connectivity index is 0.810. The maximum atomic E-state index is 15.9. The number of halogens is 3. The zero-order valence-electron chi connectivity index (χ0n) is 36.4. The lowest BCUT2D eigenvalue weighted by Gasteiger charge is -2.36. The Hall–Kier alpha value is -6.30. The van der Waals surface area contributed by atoms with Gasteiger partial charge in [0.2, 0.25) is 29.5 Å². The molecule has 3 saturated heterocycles. The van der Waals surface area contributed by atoms with Gasteiger partial charge in [0.1, 0.15) is 17.5 Å². The van der Waals surface area contributed by atoms with Crippen LogP contribution >= 0.6 is 0 Å². The number of anilines is 2. The number of hydrogen-bond acceptors (Lipinski definition) is 10. The average Bonchev–Trinajstić information content (AvgIpc) is 3.68. The summed E-state index contributed by atoms with van der Waals surface area (Å²) in [5.74, 6) is -3.99. The van der Waals surface area contributed by atoms with Crippen LogP contribution in [-0.2, 0) is 27.5 Å². The molecule has 4 aliphatic heterocycles. The second-order valence-electron chi connectivity index (χ2n) is 18.3. The largest absolute Gasteiger partial charge is 0.477 e. The van der Waals surface area contributed by atoms with Gasteiger partial charge in [-0.2, -0.15) is 5.10 Å². The summed E-state index contributed by atoms with van der Waals surface area (Å²) >= 11 is 0. The van der Waals surface area contributed by atoms with Crippen molar-refractivity contribution in [1.29, 1.82) is 0 Å². The Bertz CT molecular complexity index is 2700. The van der Waals surface area contributed by atoms with Crippen molar-refractivity contribution in [3.8, 4) is 17.1 Å². The Kier molecular flexibility index (Phi) is 11.3. The number of aromatic nitrogens is 5. The van der Waals surface area contributed by atoms with E-state index in [-0.39, 0.29) is 42.1 Å². The molecule has 4 fully saturated rings. The predicted octanol–water partition coefficient (Wildman–Crippen LogP) is 6.11. The van der Waals surface area contributed by atoms with E-state index in [1.54, 1.807) is 23.2 Å². The van der Waals surface area contributed by atoms with Gasteiger partial charge in [-0.1, -0.05) is 6.92 Å². The lowest BCUT2D eigenvalue weighted by atomic mass is 9.89. The second-order valence-corrected chi connectivity index (χ2v) is 18.3. The molecule has 2 N–H and O–H groups in total. The van der Waals surface area contributed by atoms with Gasteiger partial charge in [-0.05, 0) is 81.7 Å². The molecule has 65 heavy (non-hydrogen) atoms. The molecule has 5 aliphatic rings. The number of nitrogens with zero attached hydrogens (tertiary/aromatic N) is 8. The van der Waals surface area contributed by atoms with Gasteiger partial charge in [0, 0.05) is 92.9 Å². The first-order valence-corrected chi connectivity index (χ1v) is 22.6. The molecule has 7 heterocycles. The fraction of sp³-hybridized carbons (Fsp3) is 0.468. The number of carbonyl (C=O) groups is 4. The fourth-order valence-electron chi connectivity index (χ4n) is 9.83. The summed E-state index contributed by atoms with van der Waals surface area (Å²) in [6.07, 6.45) is 6.01. The highest BCUT2D eigenvalue weighted by Gasteiger charge is 2.37. The number of rotatable bonds is 6. The fourth-order valence-corrected chi connectivity index (χ4v) is 9.83. The number of carbonyl (C=O) groups excluding carboxylic acids is 4. The number of imide groups is 1. The van der Waals surface area contributed by atoms with E-state index in [2.05, 4.69) is 27.6 Å². The molecule has 3 aromatic heterocycles. The van der Waals surface area contributed by atoms with Crippen LogP contribution in [0.25, 0.3) is 22.3 Å². The first-order valence-electron chi connectivity index (χ1n) is 22.6. The molecule has 15 nitrogen and oxygen atoms in total. The summed E-state index contributed by atoms with van der Waals surface area (Å²) in [6, 6.07) is 9.41. The standard InChI is InChI=1S/C47H51F3N10O5/c1-26-4-3-15-65-46-34(22-51-60(46)31-5-6-31)38-17-29(16-27(2)52-38)43(62)55-47-53-39-21-35(48)30(18-40(39)59(47)23-26)24-56-11-13-57(14-12-56)45(64)28-9-10-58(25-28)32-19-36(49)42(37(50)20-32)33-7-8-41(61)54-44(33)63/h16-22,26,28,31,33H,3-15,23-25H2,1-2H3,(H,53,55,62)(H,54,61,63)/t26-,28-,33-/m1/s1. The van der Waals surface area contributed by atoms with Crippen molar-refractivity contribution in [3.05, 3.63) is 82.4 Å². The summed E-state index contributed by atoms with van der Waals surface area (Å²) in [6.45, 7) is 7.96. The Morgan fingerprint density at radius 1 is 0.862 bits per heavy atom. The summed E-state index contributed by atoms with van der Waals surface area (Å²) < 4.78 is 56.8. The molecule has 5 aromatic rings. The van der Waals surface area contributed by atoms with Crippen LogP contribution in [-0.4, -0.2) is 104 Å². The SMILES string of the molecule is Cc1cc2cc(n1)-c1cnn(C3CC3)c1OCCC[C@@H](C)Cn1c(nc3cc(F)c(CN4CCN(C(=O)[C@@H]5CCN(c6cc(F)c([C@H]7CCC(=O)NC7=O)c(F)c6)C5)CC4)cc31)NC2=O. The molecular formula is C47H51F3N10O5. The maximum Gasteiger partial charge on any atom is 0.258 e. The number of imidazole rings is 1. The summed E-state index contributed by atoms with van der Waals surface area (Å²) in [4.78, 5) is 66.8. The van der Waals surface area contributed by atoms with Crippen LogP contribution in [0.3, 0.4) is 0 Å². The monoisotopic (exact) mass is 892 g/mol. The normalized spacial score (nSPS) is 22.2. The molecule has 340 valence electrons.